The van der Waals surface area contributed by atoms with Gasteiger partial charge in [0.05, 0.1) is 5.69 Å². The molecule has 1 aromatic carbocycles. The lowest BCUT2D eigenvalue weighted by Crippen LogP contribution is -1.94. The van der Waals surface area contributed by atoms with E-state index < -0.39 is 0 Å². The highest BCUT2D eigenvalue weighted by molar-refractivity contribution is 5.47. The Morgan fingerprint density at radius 3 is 2.93 bits per heavy atom. The number of hydrogen-bond donors (Lipinski definition) is 1. The number of rotatable bonds is 4. The zero-order valence-electron chi connectivity index (χ0n) is 8.30. The van der Waals surface area contributed by atoms with E-state index in [4.69, 9.17) is 0 Å². The predicted molar refractivity (Wildman–Crippen MR) is 60.8 cm³/mol. The van der Waals surface area contributed by atoms with Crippen LogP contribution in [0.3, 0.4) is 0 Å². The Balaban J connectivity index is 2.63. The van der Waals surface area contributed by atoms with E-state index in [1.807, 2.05) is 25.1 Å². The molecule has 1 nitrogen and oxygen atoms in total. The Morgan fingerprint density at radius 2 is 2.36 bits per heavy atom. The fraction of sp³-hybridized carbons (Fsp3) is 0.0769. The topological polar surface area (TPSA) is 12.0 Å². The van der Waals surface area contributed by atoms with Gasteiger partial charge >= 0.3 is 0 Å². The van der Waals surface area contributed by atoms with Crippen LogP contribution in [0.2, 0.25) is 0 Å². The van der Waals surface area contributed by atoms with Crippen LogP contribution < -0.4 is 5.32 Å². The second-order valence-electron chi connectivity index (χ2n) is 2.95. The molecule has 0 radical (unpaired) electrons. The molecule has 0 saturated heterocycles. The van der Waals surface area contributed by atoms with Crippen molar-refractivity contribution in [2.45, 2.75) is 6.92 Å². The lowest BCUT2D eigenvalue weighted by atomic mass is 10.2. The standard InChI is InChI=1S/C13H13N/c1-4-11(2)10-12(3)14-13-8-6-5-7-9-13/h4-6,8,10,14H,1,3H2,2H3/b11-10+. The maximum absolute atomic E-state index is 3.87. The van der Waals surface area contributed by atoms with E-state index in [0.29, 0.717) is 0 Å². The molecule has 0 unspecified atom stereocenters. The number of hydrogen-bond acceptors (Lipinski definition) is 1. The summed E-state index contributed by atoms with van der Waals surface area (Å²) < 4.78 is 0. The van der Waals surface area contributed by atoms with E-state index >= 15 is 0 Å². The van der Waals surface area contributed by atoms with Gasteiger partial charge in [0, 0.05) is 5.70 Å². The molecular weight excluding hydrogens is 170 g/mol. The molecule has 0 aliphatic carbocycles. The summed E-state index contributed by atoms with van der Waals surface area (Å²) in [5.74, 6) is 0. The maximum Gasteiger partial charge on any atom is 0.0900 e. The van der Waals surface area contributed by atoms with Crippen LogP contribution in [0.5, 0.6) is 0 Å². The summed E-state index contributed by atoms with van der Waals surface area (Å²) in [7, 11) is 0. The third kappa shape index (κ3) is 3.20. The summed E-state index contributed by atoms with van der Waals surface area (Å²) in [5.41, 5.74) is 2.76. The molecule has 0 amide bonds. The molecule has 1 heteroatoms. The second-order valence-corrected chi connectivity index (χ2v) is 2.95. The van der Waals surface area contributed by atoms with Crippen molar-refractivity contribution in [2.24, 2.45) is 0 Å². The average molecular weight is 183 g/mol. The van der Waals surface area contributed by atoms with Crippen LogP contribution >= 0.6 is 0 Å². The van der Waals surface area contributed by atoms with Crippen LogP contribution in [0, 0.1) is 12.1 Å². The number of nitrogens with one attached hydrogen (secondary N) is 1. The van der Waals surface area contributed by atoms with Crippen molar-refractivity contribution in [2.75, 3.05) is 5.32 Å². The zero-order chi connectivity index (χ0) is 10.4. The van der Waals surface area contributed by atoms with E-state index in [2.05, 4.69) is 30.6 Å². The monoisotopic (exact) mass is 183 g/mol. The Hall–Kier alpha value is -1.94. The minimum absolute atomic E-state index is 0.818. The second kappa shape index (κ2) is 4.94. The highest BCUT2D eigenvalue weighted by Gasteiger charge is 1.90. The third-order valence-electron chi connectivity index (χ3n) is 1.67. The SMILES string of the molecule is C=C/C(C)=C/C(=C)Nc1c#cccc1. The summed E-state index contributed by atoms with van der Waals surface area (Å²) >= 11 is 0. The summed E-state index contributed by atoms with van der Waals surface area (Å²) in [5, 5.41) is 3.10. The molecule has 0 bridgehead atoms. The number of allylic oxidation sites excluding steroid dienone is 3. The molecule has 14 heavy (non-hydrogen) atoms. The van der Waals surface area contributed by atoms with Crippen LogP contribution in [0.25, 0.3) is 0 Å². The van der Waals surface area contributed by atoms with E-state index in [-0.39, 0.29) is 0 Å². The summed E-state index contributed by atoms with van der Waals surface area (Å²) in [6.45, 7) is 9.51. The molecule has 0 atom stereocenters. The van der Waals surface area contributed by atoms with Gasteiger partial charge in [-0.15, -0.1) is 0 Å². The Morgan fingerprint density at radius 1 is 1.57 bits per heavy atom. The molecule has 1 N–H and O–H groups in total. The van der Waals surface area contributed by atoms with E-state index in [0.717, 1.165) is 17.0 Å². The van der Waals surface area contributed by atoms with Crippen molar-refractivity contribution >= 4 is 5.69 Å². The largest absolute Gasteiger partial charge is 0.349 e. The molecule has 0 spiro atoms. The molecule has 0 aromatic heterocycles. The maximum atomic E-state index is 3.87. The molecule has 0 saturated carbocycles. The molecule has 1 aromatic rings. The molecule has 1 rings (SSSR count). The Bertz CT molecular complexity index is 347. The minimum Gasteiger partial charge on any atom is -0.349 e. The van der Waals surface area contributed by atoms with Crippen molar-refractivity contribution in [1.29, 1.82) is 0 Å². The first-order valence-corrected chi connectivity index (χ1v) is 4.37. The lowest BCUT2D eigenvalue weighted by Gasteiger charge is -2.03. The molecule has 0 aliphatic rings. The Kier molecular flexibility index (Phi) is 3.58. The van der Waals surface area contributed by atoms with Crippen molar-refractivity contribution in [3.8, 4) is 0 Å². The fourth-order valence-electron chi connectivity index (χ4n) is 0.969. The highest BCUT2D eigenvalue weighted by Crippen LogP contribution is 2.07. The van der Waals surface area contributed by atoms with Gasteiger partial charge in [0.15, 0.2) is 0 Å². The highest BCUT2D eigenvalue weighted by atomic mass is 14.9. The van der Waals surface area contributed by atoms with Crippen LogP contribution in [-0.2, 0) is 0 Å². The summed E-state index contributed by atoms with van der Waals surface area (Å²) in [4.78, 5) is 0. The van der Waals surface area contributed by atoms with Gasteiger partial charge in [0.1, 0.15) is 0 Å². The van der Waals surface area contributed by atoms with Crippen LogP contribution in [-0.4, -0.2) is 0 Å². The first-order chi connectivity index (χ1) is 6.72. The van der Waals surface area contributed by atoms with Crippen LogP contribution in [0.15, 0.2) is 54.8 Å². The van der Waals surface area contributed by atoms with Gasteiger partial charge in [0.25, 0.3) is 0 Å². The molecule has 0 aliphatic heterocycles. The van der Waals surface area contributed by atoms with Gasteiger partial charge in [-0.3, -0.25) is 0 Å². The van der Waals surface area contributed by atoms with Gasteiger partial charge in [0.2, 0.25) is 0 Å². The third-order valence-corrected chi connectivity index (χ3v) is 1.67. The number of anilines is 1. The van der Waals surface area contributed by atoms with Crippen molar-refractivity contribution in [3.63, 3.8) is 0 Å². The summed E-state index contributed by atoms with van der Waals surface area (Å²) in [6, 6.07) is 11.4. The predicted octanol–water partition coefficient (Wildman–Crippen LogP) is 3.34. The van der Waals surface area contributed by atoms with Gasteiger partial charge < -0.3 is 5.32 Å². The van der Waals surface area contributed by atoms with Crippen molar-refractivity contribution in [1.82, 2.24) is 0 Å². The molecule has 70 valence electrons. The van der Waals surface area contributed by atoms with Crippen molar-refractivity contribution < 1.29 is 0 Å². The van der Waals surface area contributed by atoms with Crippen molar-refractivity contribution in [3.05, 3.63) is 66.9 Å². The van der Waals surface area contributed by atoms with E-state index in [9.17, 15) is 0 Å². The Labute approximate surface area is 85.5 Å². The van der Waals surface area contributed by atoms with Gasteiger partial charge in [-0.2, -0.15) is 0 Å². The molecular formula is C13H13N. The van der Waals surface area contributed by atoms with E-state index in [1.165, 1.54) is 0 Å². The van der Waals surface area contributed by atoms with Crippen LogP contribution in [0.1, 0.15) is 6.92 Å². The fourth-order valence-corrected chi connectivity index (χ4v) is 0.969. The normalized spacial score (nSPS) is 10.2. The van der Waals surface area contributed by atoms with Gasteiger partial charge in [-0.25, -0.2) is 0 Å². The van der Waals surface area contributed by atoms with Gasteiger partial charge in [-0.05, 0) is 36.8 Å². The quantitative estimate of drug-likeness (QED) is 0.706. The van der Waals surface area contributed by atoms with Gasteiger partial charge in [-0.1, -0.05) is 31.4 Å². The lowest BCUT2D eigenvalue weighted by molar-refractivity contribution is 1.44. The molecule has 0 heterocycles. The van der Waals surface area contributed by atoms with E-state index in [1.54, 1.807) is 12.1 Å². The smallest absolute Gasteiger partial charge is 0.0900 e. The zero-order valence-corrected chi connectivity index (χ0v) is 8.30. The molecule has 0 fully saturated rings. The minimum atomic E-state index is 0.818. The average Bonchev–Trinajstić information content (AvgIpc) is 2.19. The van der Waals surface area contributed by atoms with Crippen LogP contribution in [0.4, 0.5) is 5.69 Å². The summed E-state index contributed by atoms with van der Waals surface area (Å²) in [6.07, 6.45) is 3.71. The first kappa shape index (κ1) is 10.1. The first-order valence-electron chi connectivity index (χ1n) is 4.37.